The second kappa shape index (κ2) is 3.36. The minimum absolute atomic E-state index is 0.354. The van der Waals surface area contributed by atoms with Crippen LogP contribution in [0.4, 0.5) is 0 Å². The molecule has 2 N–H and O–H groups in total. The Morgan fingerprint density at radius 2 is 2.00 bits per heavy atom. The van der Waals surface area contributed by atoms with Gasteiger partial charge in [0.25, 0.3) is 0 Å². The molecule has 0 fully saturated rings. The molecule has 0 aliphatic heterocycles. The van der Waals surface area contributed by atoms with E-state index >= 15 is 0 Å². The maximum absolute atomic E-state index is 11.2. The van der Waals surface area contributed by atoms with Gasteiger partial charge in [0.2, 0.25) is 0 Å². The van der Waals surface area contributed by atoms with Crippen molar-refractivity contribution >= 4 is 0 Å². The van der Waals surface area contributed by atoms with Gasteiger partial charge in [-0.2, -0.15) is 0 Å². The zero-order valence-electron chi connectivity index (χ0n) is 6.86. The second-order valence-corrected chi connectivity index (χ2v) is 2.50. The zero-order chi connectivity index (χ0) is 9.14. The van der Waals surface area contributed by atoms with Gasteiger partial charge in [-0.3, -0.25) is 9.59 Å². The van der Waals surface area contributed by atoms with Crippen LogP contribution in [0.15, 0.2) is 22.0 Å². The van der Waals surface area contributed by atoms with E-state index in [0.29, 0.717) is 13.1 Å². The van der Waals surface area contributed by atoms with E-state index in [1.807, 2.05) is 0 Å². The summed E-state index contributed by atoms with van der Waals surface area (Å²) in [5.74, 6) is 0. The van der Waals surface area contributed by atoms with Gasteiger partial charge in [-0.15, -0.1) is 0 Å². The Morgan fingerprint density at radius 3 is 2.58 bits per heavy atom. The predicted octanol–water partition coefficient (Wildman–Crippen LogP) is -1.49. The van der Waals surface area contributed by atoms with Crippen LogP contribution in [0.5, 0.6) is 0 Å². The normalized spacial score (nSPS) is 10.2. The summed E-state index contributed by atoms with van der Waals surface area (Å²) in [6, 6.07) is 0. The standard InChI is InChI=1S/C7H11N3O2/c1-9-4-5-10(3-2-8)7(12)6(9)11/h4-5H,2-3,8H2,1H3. The van der Waals surface area contributed by atoms with E-state index < -0.39 is 11.1 Å². The van der Waals surface area contributed by atoms with Crippen molar-refractivity contribution in [1.29, 1.82) is 0 Å². The third-order valence-corrected chi connectivity index (χ3v) is 1.60. The van der Waals surface area contributed by atoms with Gasteiger partial charge in [0.15, 0.2) is 0 Å². The molecule has 1 rings (SSSR count). The lowest BCUT2D eigenvalue weighted by molar-refractivity contribution is 0.644. The van der Waals surface area contributed by atoms with Crippen LogP contribution in [0.1, 0.15) is 0 Å². The molecule has 0 atom stereocenters. The van der Waals surface area contributed by atoms with E-state index in [9.17, 15) is 9.59 Å². The van der Waals surface area contributed by atoms with Gasteiger partial charge in [0.1, 0.15) is 0 Å². The lowest BCUT2D eigenvalue weighted by Crippen LogP contribution is -2.40. The Bertz CT molecular complexity index is 377. The second-order valence-electron chi connectivity index (χ2n) is 2.50. The van der Waals surface area contributed by atoms with Crippen LogP contribution in [0, 0.1) is 0 Å². The maximum atomic E-state index is 11.2. The van der Waals surface area contributed by atoms with Gasteiger partial charge in [-0.05, 0) is 0 Å². The average molecular weight is 169 g/mol. The van der Waals surface area contributed by atoms with Crippen molar-refractivity contribution in [2.45, 2.75) is 6.54 Å². The van der Waals surface area contributed by atoms with Crippen LogP contribution < -0.4 is 16.9 Å². The summed E-state index contributed by atoms with van der Waals surface area (Å²) in [4.78, 5) is 22.2. The van der Waals surface area contributed by atoms with Crippen molar-refractivity contribution in [3.63, 3.8) is 0 Å². The maximum Gasteiger partial charge on any atom is 0.316 e. The minimum Gasteiger partial charge on any atom is -0.329 e. The lowest BCUT2D eigenvalue weighted by atomic mass is 10.5. The van der Waals surface area contributed by atoms with E-state index in [2.05, 4.69) is 0 Å². The smallest absolute Gasteiger partial charge is 0.316 e. The van der Waals surface area contributed by atoms with Crippen molar-refractivity contribution in [3.05, 3.63) is 33.1 Å². The molecule has 1 aromatic rings. The molecule has 0 aromatic carbocycles. The SMILES string of the molecule is Cn1ccn(CCN)c(=O)c1=O. The predicted molar refractivity (Wildman–Crippen MR) is 45.0 cm³/mol. The van der Waals surface area contributed by atoms with Gasteiger partial charge in [-0.1, -0.05) is 0 Å². The highest BCUT2D eigenvalue weighted by Crippen LogP contribution is 1.75. The van der Waals surface area contributed by atoms with Crippen LogP contribution >= 0.6 is 0 Å². The van der Waals surface area contributed by atoms with E-state index in [0.717, 1.165) is 0 Å². The average Bonchev–Trinajstić information content (AvgIpc) is 2.07. The number of nitrogens with two attached hydrogens (primary N) is 1. The van der Waals surface area contributed by atoms with Crippen LogP contribution in [0.3, 0.4) is 0 Å². The summed E-state index contributed by atoms with van der Waals surface area (Å²) in [6.07, 6.45) is 3.09. The van der Waals surface area contributed by atoms with Gasteiger partial charge < -0.3 is 14.9 Å². The van der Waals surface area contributed by atoms with Gasteiger partial charge >= 0.3 is 11.1 Å². The number of hydrogen-bond donors (Lipinski definition) is 1. The molecule has 5 nitrogen and oxygen atoms in total. The molecule has 0 saturated carbocycles. The Kier molecular flexibility index (Phi) is 2.44. The molecular formula is C7H11N3O2. The fraction of sp³-hybridized carbons (Fsp3) is 0.429. The number of hydrogen-bond acceptors (Lipinski definition) is 3. The summed E-state index contributed by atoms with van der Waals surface area (Å²) in [5.41, 5.74) is 4.20. The molecule has 12 heavy (non-hydrogen) atoms. The molecule has 0 radical (unpaired) electrons. The molecule has 66 valence electrons. The molecule has 0 unspecified atom stereocenters. The third-order valence-electron chi connectivity index (χ3n) is 1.60. The van der Waals surface area contributed by atoms with Crippen molar-refractivity contribution < 1.29 is 0 Å². The molecule has 0 spiro atoms. The van der Waals surface area contributed by atoms with Crippen LogP contribution in [0.2, 0.25) is 0 Å². The number of rotatable bonds is 2. The molecule has 0 saturated heterocycles. The van der Waals surface area contributed by atoms with Crippen LogP contribution in [0.25, 0.3) is 0 Å². The zero-order valence-corrected chi connectivity index (χ0v) is 6.86. The largest absolute Gasteiger partial charge is 0.329 e. The fourth-order valence-electron chi connectivity index (χ4n) is 0.905. The van der Waals surface area contributed by atoms with Crippen molar-refractivity contribution in [3.8, 4) is 0 Å². The first kappa shape index (κ1) is 8.73. The third kappa shape index (κ3) is 1.45. The topological polar surface area (TPSA) is 70.0 Å². The molecule has 1 heterocycles. The van der Waals surface area contributed by atoms with Crippen LogP contribution in [-0.2, 0) is 13.6 Å². The Morgan fingerprint density at radius 1 is 1.33 bits per heavy atom. The fourth-order valence-corrected chi connectivity index (χ4v) is 0.905. The van der Waals surface area contributed by atoms with Gasteiger partial charge in [0, 0.05) is 32.5 Å². The number of aromatic nitrogens is 2. The summed E-state index contributed by atoms with van der Waals surface area (Å²) in [7, 11) is 1.54. The van der Waals surface area contributed by atoms with Crippen molar-refractivity contribution in [2.75, 3.05) is 6.54 Å². The Balaban J connectivity index is 3.28. The van der Waals surface area contributed by atoms with Crippen molar-refractivity contribution in [2.24, 2.45) is 12.8 Å². The van der Waals surface area contributed by atoms with Crippen molar-refractivity contribution in [1.82, 2.24) is 9.13 Å². The van der Waals surface area contributed by atoms with Gasteiger partial charge in [-0.25, -0.2) is 0 Å². The summed E-state index contributed by atoms with van der Waals surface area (Å²) >= 11 is 0. The number of nitrogens with zero attached hydrogens (tertiary/aromatic N) is 2. The number of aryl methyl sites for hydroxylation is 1. The molecule has 0 bridgehead atoms. The molecule has 1 aromatic heterocycles. The monoisotopic (exact) mass is 169 g/mol. The molecule has 0 aliphatic rings. The van der Waals surface area contributed by atoms with Gasteiger partial charge in [0.05, 0.1) is 0 Å². The first-order valence-corrected chi connectivity index (χ1v) is 3.63. The van der Waals surface area contributed by atoms with Crippen LogP contribution in [-0.4, -0.2) is 15.7 Å². The summed E-state index contributed by atoms with van der Waals surface area (Å²) < 4.78 is 2.55. The first-order chi connectivity index (χ1) is 5.66. The highest BCUT2D eigenvalue weighted by atomic mass is 16.2. The lowest BCUT2D eigenvalue weighted by Gasteiger charge is -2.02. The quantitative estimate of drug-likeness (QED) is 0.548. The van der Waals surface area contributed by atoms with E-state index in [-0.39, 0.29) is 0 Å². The molecule has 0 aliphatic carbocycles. The Labute approximate surface area is 69.0 Å². The Hall–Kier alpha value is -1.36. The van der Waals surface area contributed by atoms with E-state index in [1.165, 1.54) is 16.2 Å². The van der Waals surface area contributed by atoms with E-state index in [4.69, 9.17) is 5.73 Å². The highest BCUT2D eigenvalue weighted by Gasteiger charge is 1.99. The molecular weight excluding hydrogens is 158 g/mol. The van der Waals surface area contributed by atoms with E-state index in [1.54, 1.807) is 12.4 Å². The highest BCUT2D eigenvalue weighted by molar-refractivity contribution is 4.84. The molecule has 5 heteroatoms. The first-order valence-electron chi connectivity index (χ1n) is 3.63. The molecule has 0 amide bonds. The minimum atomic E-state index is -0.523. The summed E-state index contributed by atoms with van der Waals surface area (Å²) in [6.45, 7) is 0.738. The summed E-state index contributed by atoms with van der Waals surface area (Å²) in [5, 5.41) is 0.